The molecule has 0 saturated carbocycles. The van der Waals surface area contributed by atoms with Gasteiger partial charge >= 0.3 is 0 Å². The Morgan fingerprint density at radius 3 is 2.21 bits per heavy atom. The summed E-state index contributed by atoms with van der Waals surface area (Å²) in [7, 11) is 2.08. The standard InChI is InChI=1S/C10H11NO.C9H12O3/c1-11-5-9-3-2-8(7-12)4-10(9)6-11;1-5(2)6-3-8(11)9(12)4-7(6)10/h2-4,7H,5-6H2,1H3;3-5,10-12H,1-2H3. The van der Waals surface area contributed by atoms with Crippen molar-refractivity contribution < 1.29 is 20.1 Å². The van der Waals surface area contributed by atoms with Crippen LogP contribution >= 0.6 is 0 Å². The van der Waals surface area contributed by atoms with Crippen LogP contribution in [0.25, 0.3) is 0 Å². The van der Waals surface area contributed by atoms with Crippen molar-refractivity contribution in [2.75, 3.05) is 7.05 Å². The van der Waals surface area contributed by atoms with Crippen molar-refractivity contribution >= 4 is 6.29 Å². The van der Waals surface area contributed by atoms with Gasteiger partial charge in [-0.25, -0.2) is 0 Å². The highest BCUT2D eigenvalue weighted by atomic mass is 16.3. The number of phenolic OH excluding ortho intramolecular Hbond substituents is 3. The van der Waals surface area contributed by atoms with E-state index in [0.717, 1.165) is 31.0 Å². The second-order valence-electron chi connectivity index (χ2n) is 6.37. The topological polar surface area (TPSA) is 81.0 Å². The van der Waals surface area contributed by atoms with E-state index in [2.05, 4.69) is 11.9 Å². The minimum atomic E-state index is -0.295. The van der Waals surface area contributed by atoms with Crippen molar-refractivity contribution in [3.63, 3.8) is 0 Å². The first-order valence-corrected chi connectivity index (χ1v) is 7.82. The molecule has 5 heteroatoms. The molecule has 0 aromatic heterocycles. The number of hydrogen-bond donors (Lipinski definition) is 3. The number of aromatic hydroxyl groups is 3. The zero-order valence-electron chi connectivity index (χ0n) is 14.2. The highest BCUT2D eigenvalue weighted by Crippen LogP contribution is 2.35. The average Bonchev–Trinajstić information content (AvgIpc) is 2.90. The van der Waals surface area contributed by atoms with Gasteiger partial charge in [-0.15, -0.1) is 0 Å². The molecular weight excluding hydrogens is 306 g/mol. The normalized spacial score (nSPS) is 13.3. The van der Waals surface area contributed by atoms with E-state index in [9.17, 15) is 9.90 Å². The van der Waals surface area contributed by atoms with Crippen LogP contribution in [0, 0.1) is 0 Å². The average molecular weight is 329 g/mol. The van der Waals surface area contributed by atoms with Gasteiger partial charge in [0.1, 0.15) is 12.0 Å². The second-order valence-corrected chi connectivity index (χ2v) is 6.37. The van der Waals surface area contributed by atoms with Gasteiger partial charge in [0.15, 0.2) is 11.5 Å². The number of nitrogens with zero attached hydrogens (tertiary/aromatic N) is 1. The molecule has 0 atom stereocenters. The van der Waals surface area contributed by atoms with Gasteiger partial charge in [-0.05, 0) is 36.2 Å². The Kier molecular flexibility index (Phi) is 5.46. The van der Waals surface area contributed by atoms with Gasteiger partial charge < -0.3 is 15.3 Å². The summed E-state index contributed by atoms with van der Waals surface area (Å²) in [4.78, 5) is 12.7. The van der Waals surface area contributed by atoms with Crippen LogP contribution in [0.15, 0.2) is 30.3 Å². The summed E-state index contributed by atoms with van der Waals surface area (Å²) < 4.78 is 0. The molecule has 1 aliphatic rings. The maximum atomic E-state index is 10.5. The molecule has 5 nitrogen and oxygen atoms in total. The summed E-state index contributed by atoms with van der Waals surface area (Å²) in [5.41, 5.74) is 4.06. The van der Waals surface area contributed by atoms with Crippen LogP contribution in [0.1, 0.15) is 46.8 Å². The largest absolute Gasteiger partial charge is 0.508 e. The van der Waals surface area contributed by atoms with Gasteiger partial charge in [0, 0.05) is 30.3 Å². The molecule has 0 radical (unpaired) electrons. The maximum absolute atomic E-state index is 10.5. The highest BCUT2D eigenvalue weighted by molar-refractivity contribution is 5.75. The third-order valence-electron chi connectivity index (χ3n) is 3.99. The fourth-order valence-electron chi connectivity index (χ4n) is 2.70. The molecule has 0 bridgehead atoms. The lowest BCUT2D eigenvalue weighted by atomic mass is 10.0. The minimum Gasteiger partial charge on any atom is -0.508 e. The Labute approximate surface area is 141 Å². The fraction of sp³-hybridized carbons (Fsp3) is 0.316. The van der Waals surface area contributed by atoms with Gasteiger partial charge in [-0.2, -0.15) is 0 Å². The van der Waals surface area contributed by atoms with Crippen LogP contribution in [0.5, 0.6) is 17.2 Å². The molecule has 0 fully saturated rings. The number of carbonyl (C=O) groups is 1. The number of hydrogen-bond acceptors (Lipinski definition) is 5. The van der Waals surface area contributed by atoms with Crippen molar-refractivity contribution in [1.82, 2.24) is 4.90 Å². The summed E-state index contributed by atoms with van der Waals surface area (Å²) in [5.74, 6) is -0.356. The van der Waals surface area contributed by atoms with Crippen molar-refractivity contribution in [2.45, 2.75) is 32.9 Å². The van der Waals surface area contributed by atoms with Gasteiger partial charge in [-0.1, -0.05) is 26.0 Å². The molecule has 0 amide bonds. The smallest absolute Gasteiger partial charge is 0.161 e. The van der Waals surface area contributed by atoms with Crippen LogP contribution in [0.4, 0.5) is 0 Å². The van der Waals surface area contributed by atoms with Crippen molar-refractivity contribution in [2.24, 2.45) is 0 Å². The van der Waals surface area contributed by atoms with Gasteiger partial charge in [0.25, 0.3) is 0 Å². The quantitative estimate of drug-likeness (QED) is 0.447. The molecule has 2 aromatic rings. The maximum Gasteiger partial charge on any atom is 0.161 e. The fourth-order valence-corrected chi connectivity index (χ4v) is 2.70. The number of rotatable bonds is 2. The zero-order chi connectivity index (χ0) is 17.9. The third kappa shape index (κ3) is 4.06. The predicted octanol–water partition coefficient (Wildman–Crippen LogP) is 3.37. The molecule has 24 heavy (non-hydrogen) atoms. The molecule has 0 unspecified atom stereocenters. The molecule has 1 heterocycles. The van der Waals surface area contributed by atoms with Gasteiger partial charge in [0.05, 0.1) is 0 Å². The Morgan fingerprint density at radius 2 is 1.58 bits per heavy atom. The number of fused-ring (bicyclic) bond motifs is 1. The Balaban J connectivity index is 0.000000174. The van der Waals surface area contributed by atoms with Crippen LogP contribution in [-0.2, 0) is 13.1 Å². The van der Waals surface area contributed by atoms with Crippen molar-refractivity contribution in [3.05, 3.63) is 52.6 Å². The first-order valence-electron chi connectivity index (χ1n) is 7.82. The summed E-state index contributed by atoms with van der Waals surface area (Å²) in [5, 5.41) is 27.4. The first-order chi connectivity index (χ1) is 11.3. The SMILES string of the molecule is CC(C)c1cc(O)c(O)cc1O.CN1Cc2ccc(C=O)cc2C1. The van der Waals surface area contributed by atoms with Crippen LogP contribution < -0.4 is 0 Å². The van der Waals surface area contributed by atoms with Crippen LogP contribution in [0.3, 0.4) is 0 Å². The van der Waals surface area contributed by atoms with Gasteiger partial charge in [-0.3, -0.25) is 9.69 Å². The monoisotopic (exact) mass is 329 g/mol. The Hall–Kier alpha value is -2.53. The number of phenols is 3. The number of carbonyl (C=O) groups excluding carboxylic acids is 1. The van der Waals surface area contributed by atoms with E-state index >= 15 is 0 Å². The highest BCUT2D eigenvalue weighted by Gasteiger charge is 2.14. The summed E-state index contributed by atoms with van der Waals surface area (Å²) in [6, 6.07) is 8.42. The Bertz CT molecular complexity index is 740. The van der Waals surface area contributed by atoms with E-state index in [1.807, 2.05) is 32.0 Å². The van der Waals surface area contributed by atoms with E-state index in [0.29, 0.717) is 5.56 Å². The molecule has 0 spiro atoms. The van der Waals surface area contributed by atoms with Crippen molar-refractivity contribution in [3.8, 4) is 17.2 Å². The number of aldehydes is 1. The summed E-state index contributed by atoms with van der Waals surface area (Å²) in [6.07, 6.45) is 0.901. The zero-order valence-corrected chi connectivity index (χ0v) is 14.2. The molecule has 128 valence electrons. The molecular formula is C19H23NO4. The van der Waals surface area contributed by atoms with E-state index in [4.69, 9.17) is 10.2 Å². The lowest BCUT2D eigenvalue weighted by molar-refractivity contribution is 0.112. The van der Waals surface area contributed by atoms with Crippen molar-refractivity contribution in [1.29, 1.82) is 0 Å². The molecule has 3 N–H and O–H groups in total. The van der Waals surface area contributed by atoms with Crippen LogP contribution in [-0.4, -0.2) is 33.6 Å². The molecule has 1 aliphatic heterocycles. The molecule has 2 aromatic carbocycles. The predicted molar refractivity (Wildman–Crippen MR) is 92.5 cm³/mol. The first kappa shape index (κ1) is 17.8. The minimum absolute atomic E-state index is 0.0142. The lowest BCUT2D eigenvalue weighted by Gasteiger charge is -2.09. The Morgan fingerprint density at radius 1 is 0.958 bits per heavy atom. The summed E-state index contributed by atoms with van der Waals surface area (Å²) in [6.45, 7) is 5.77. The molecule has 3 rings (SSSR count). The molecule has 0 aliphatic carbocycles. The van der Waals surface area contributed by atoms with E-state index in [-0.39, 0.29) is 23.2 Å². The van der Waals surface area contributed by atoms with Gasteiger partial charge in [0.2, 0.25) is 0 Å². The molecule has 0 saturated heterocycles. The second kappa shape index (κ2) is 7.36. The van der Waals surface area contributed by atoms with E-state index < -0.39 is 0 Å². The van der Waals surface area contributed by atoms with E-state index in [1.54, 1.807) is 0 Å². The lowest BCUT2D eigenvalue weighted by Crippen LogP contribution is -2.07. The summed E-state index contributed by atoms with van der Waals surface area (Å²) >= 11 is 0. The van der Waals surface area contributed by atoms with E-state index in [1.165, 1.54) is 17.2 Å². The van der Waals surface area contributed by atoms with Crippen LogP contribution in [0.2, 0.25) is 0 Å². The number of benzene rings is 2. The third-order valence-corrected chi connectivity index (χ3v) is 3.99.